The van der Waals surface area contributed by atoms with E-state index >= 15 is 0 Å². The minimum Gasteiger partial charge on any atom is -0.488 e. The Morgan fingerprint density at radius 1 is 0.632 bits per heavy atom. The van der Waals surface area contributed by atoms with Crippen molar-refractivity contribution in [3.63, 3.8) is 0 Å². The van der Waals surface area contributed by atoms with Crippen LogP contribution in [0.2, 0.25) is 0 Å². The van der Waals surface area contributed by atoms with Crippen molar-refractivity contribution in [3.8, 4) is 11.5 Å². The van der Waals surface area contributed by atoms with E-state index in [1.54, 1.807) is 0 Å². The Bertz CT molecular complexity index is 1150. The summed E-state index contributed by atoms with van der Waals surface area (Å²) in [6, 6.07) is 12.1. The first-order valence-electron chi connectivity index (χ1n) is 13.0. The molecule has 0 N–H and O–H groups in total. The molecule has 2 atom stereocenters. The number of carbonyl (C=O) groups excluding carboxylic acids is 2. The van der Waals surface area contributed by atoms with E-state index in [4.69, 9.17) is 28.4 Å². The van der Waals surface area contributed by atoms with Crippen LogP contribution in [0.15, 0.2) is 36.4 Å². The van der Waals surface area contributed by atoms with Gasteiger partial charge in [-0.3, -0.25) is 9.59 Å². The largest absolute Gasteiger partial charge is 0.488 e. The number of hydrogen-bond donors (Lipinski definition) is 0. The van der Waals surface area contributed by atoms with Crippen LogP contribution in [0.1, 0.15) is 38.8 Å². The lowest BCUT2D eigenvalue weighted by molar-refractivity contribution is -0.152. The molecule has 3 rings (SSSR count). The highest BCUT2D eigenvalue weighted by Gasteiger charge is 2.21. The van der Waals surface area contributed by atoms with Crippen molar-refractivity contribution < 1.29 is 38.0 Å². The Balaban J connectivity index is 2.07. The van der Waals surface area contributed by atoms with Gasteiger partial charge in [0.2, 0.25) is 0 Å². The summed E-state index contributed by atoms with van der Waals surface area (Å²) in [6.07, 6.45) is -1.10. The summed E-state index contributed by atoms with van der Waals surface area (Å²) in [4.78, 5) is 23.3. The molecule has 0 saturated carbocycles. The smallest absolute Gasteiger partial charge is 0.303 e. The van der Waals surface area contributed by atoms with Crippen LogP contribution in [0.4, 0.5) is 0 Å². The number of benzene rings is 3. The summed E-state index contributed by atoms with van der Waals surface area (Å²) in [7, 11) is 0. The van der Waals surface area contributed by atoms with Crippen LogP contribution in [0.5, 0.6) is 11.5 Å². The number of hydrogen-bond acceptors (Lipinski definition) is 8. The Morgan fingerprint density at radius 3 is 1.37 bits per heavy atom. The molecule has 0 aliphatic heterocycles. The van der Waals surface area contributed by atoms with Gasteiger partial charge in [-0.25, -0.2) is 0 Å². The van der Waals surface area contributed by atoms with Crippen molar-refractivity contribution in [1.82, 2.24) is 0 Å². The molecule has 0 spiro atoms. The monoisotopic (exact) mass is 526 g/mol. The number of ether oxygens (including phenoxy) is 6. The number of fused-ring (bicyclic) bond motifs is 2. The molecule has 0 aromatic heterocycles. The molecule has 0 amide bonds. The van der Waals surface area contributed by atoms with Gasteiger partial charge < -0.3 is 28.4 Å². The van der Waals surface area contributed by atoms with Gasteiger partial charge in [0, 0.05) is 48.6 Å². The molecule has 0 saturated heterocycles. The first kappa shape index (κ1) is 29.2. The van der Waals surface area contributed by atoms with Crippen molar-refractivity contribution in [1.29, 1.82) is 0 Å². The van der Waals surface area contributed by atoms with Crippen molar-refractivity contribution in [2.75, 3.05) is 39.6 Å². The van der Waals surface area contributed by atoms with E-state index in [0.29, 0.717) is 24.7 Å². The Morgan fingerprint density at radius 2 is 1.03 bits per heavy atom. The van der Waals surface area contributed by atoms with E-state index in [2.05, 4.69) is 0 Å². The molecule has 38 heavy (non-hydrogen) atoms. The van der Waals surface area contributed by atoms with E-state index in [-0.39, 0.29) is 26.4 Å². The van der Waals surface area contributed by atoms with Crippen molar-refractivity contribution in [2.24, 2.45) is 0 Å². The summed E-state index contributed by atoms with van der Waals surface area (Å²) < 4.78 is 34.6. The number of esters is 2. The molecule has 0 fully saturated rings. The molecule has 0 aliphatic carbocycles. The zero-order chi connectivity index (χ0) is 27.7. The molecular weight excluding hydrogens is 488 g/mol. The molecule has 0 heterocycles. The fourth-order valence-corrected chi connectivity index (χ4v) is 4.24. The van der Waals surface area contributed by atoms with E-state index in [1.807, 2.05) is 64.1 Å². The van der Waals surface area contributed by atoms with Gasteiger partial charge in [0.1, 0.15) is 24.7 Å². The van der Waals surface area contributed by atoms with Crippen LogP contribution in [-0.2, 0) is 28.5 Å². The molecule has 0 bridgehead atoms. The third kappa shape index (κ3) is 7.82. The topological polar surface area (TPSA) is 89.5 Å². The van der Waals surface area contributed by atoms with Gasteiger partial charge >= 0.3 is 11.9 Å². The zero-order valence-electron chi connectivity index (χ0n) is 23.1. The van der Waals surface area contributed by atoms with Crippen LogP contribution < -0.4 is 9.47 Å². The zero-order valence-corrected chi connectivity index (χ0v) is 23.1. The Labute approximate surface area is 224 Å². The molecule has 2 unspecified atom stereocenters. The third-order valence-electron chi connectivity index (χ3n) is 5.84. The molecule has 3 aromatic rings. The Kier molecular flexibility index (Phi) is 10.7. The highest BCUT2D eigenvalue weighted by molar-refractivity contribution is 6.11. The number of carbonyl (C=O) groups is 2. The normalized spacial score (nSPS) is 12.8. The molecule has 3 aromatic carbocycles. The van der Waals surface area contributed by atoms with Gasteiger partial charge in [-0.05, 0) is 39.8 Å². The van der Waals surface area contributed by atoms with Gasteiger partial charge in [-0.1, -0.05) is 35.4 Å². The minimum absolute atomic E-state index is 0.134. The van der Waals surface area contributed by atoms with Gasteiger partial charge in [0.15, 0.2) is 12.2 Å². The highest BCUT2D eigenvalue weighted by Crippen LogP contribution is 2.43. The van der Waals surface area contributed by atoms with Gasteiger partial charge in [-0.15, -0.1) is 0 Å². The van der Waals surface area contributed by atoms with Crippen molar-refractivity contribution >= 4 is 33.5 Å². The SMILES string of the molecule is CCOCC(COc1c2ccc(C)cc2c(OCC(COCC)OC(C)=O)c2ccc(C)cc12)OC(C)=O. The lowest BCUT2D eigenvalue weighted by Crippen LogP contribution is -2.29. The number of rotatable bonds is 14. The maximum absolute atomic E-state index is 11.6. The first-order valence-corrected chi connectivity index (χ1v) is 13.0. The number of aryl methyl sites for hydroxylation is 2. The van der Waals surface area contributed by atoms with Crippen LogP contribution >= 0.6 is 0 Å². The second-order valence-electron chi connectivity index (χ2n) is 9.16. The predicted octanol–water partition coefficient (Wildman–Crippen LogP) is 5.30. The van der Waals surface area contributed by atoms with Gasteiger partial charge in [0.25, 0.3) is 0 Å². The third-order valence-corrected chi connectivity index (χ3v) is 5.84. The maximum Gasteiger partial charge on any atom is 0.303 e. The lowest BCUT2D eigenvalue weighted by Gasteiger charge is -2.23. The van der Waals surface area contributed by atoms with Crippen molar-refractivity contribution in [2.45, 2.75) is 53.8 Å². The van der Waals surface area contributed by atoms with Crippen LogP contribution in [0, 0.1) is 13.8 Å². The van der Waals surface area contributed by atoms with Crippen molar-refractivity contribution in [3.05, 3.63) is 47.5 Å². The van der Waals surface area contributed by atoms with Gasteiger partial charge in [0.05, 0.1) is 13.2 Å². The second-order valence-corrected chi connectivity index (χ2v) is 9.16. The average Bonchev–Trinajstić information content (AvgIpc) is 2.86. The fraction of sp³-hybridized carbons (Fsp3) is 0.467. The quantitative estimate of drug-likeness (QED) is 0.206. The second kappa shape index (κ2) is 14.0. The van der Waals surface area contributed by atoms with Crippen LogP contribution in [0.3, 0.4) is 0 Å². The standard InChI is InChI=1S/C30H38O8/c1-7-33-15-23(37-21(5)31)17-35-29-25-11-9-20(4)14-28(25)30(26-12-10-19(3)13-27(26)29)36-18-24(16-34-8-2)38-22(6)32/h9-14,23-24H,7-8,15-18H2,1-6H3. The summed E-state index contributed by atoms with van der Waals surface area (Å²) in [6.45, 7) is 12.3. The summed E-state index contributed by atoms with van der Waals surface area (Å²) in [5.41, 5.74) is 2.11. The first-order chi connectivity index (χ1) is 18.2. The molecule has 0 radical (unpaired) electrons. The summed E-state index contributed by atoms with van der Waals surface area (Å²) >= 11 is 0. The maximum atomic E-state index is 11.6. The molecule has 8 heteroatoms. The lowest BCUT2D eigenvalue weighted by atomic mass is 9.97. The minimum atomic E-state index is -0.549. The summed E-state index contributed by atoms with van der Waals surface area (Å²) in [5, 5.41) is 3.44. The molecule has 0 aliphatic rings. The van der Waals surface area contributed by atoms with E-state index < -0.39 is 24.1 Å². The van der Waals surface area contributed by atoms with E-state index in [9.17, 15) is 9.59 Å². The highest BCUT2D eigenvalue weighted by atomic mass is 16.6. The fourth-order valence-electron chi connectivity index (χ4n) is 4.24. The predicted molar refractivity (Wildman–Crippen MR) is 146 cm³/mol. The van der Waals surface area contributed by atoms with Gasteiger partial charge in [-0.2, -0.15) is 0 Å². The van der Waals surface area contributed by atoms with E-state index in [0.717, 1.165) is 32.7 Å². The molecule has 206 valence electrons. The van der Waals surface area contributed by atoms with Crippen LogP contribution in [0.25, 0.3) is 21.5 Å². The average molecular weight is 527 g/mol. The van der Waals surface area contributed by atoms with E-state index in [1.165, 1.54) is 13.8 Å². The summed E-state index contributed by atoms with van der Waals surface area (Å²) in [5.74, 6) is 0.561. The molecular formula is C30H38O8. The molecule has 8 nitrogen and oxygen atoms in total. The Hall–Kier alpha value is -3.36. The van der Waals surface area contributed by atoms with Crippen LogP contribution in [-0.4, -0.2) is 63.8 Å².